The minimum absolute atomic E-state index is 0.111. The van der Waals surface area contributed by atoms with Gasteiger partial charge in [0, 0.05) is 16.4 Å². The van der Waals surface area contributed by atoms with Crippen molar-refractivity contribution in [1.82, 2.24) is 10.2 Å². The quantitative estimate of drug-likeness (QED) is 0.604. The number of hydrogen-bond acceptors (Lipinski definition) is 7. The van der Waals surface area contributed by atoms with Crippen molar-refractivity contribution in [2.24, 2.45) is 0 Å². The molecule has 1 aromatic rings. The van der Waals surface area contributed by atoms with Crippen molar-refractivity contribution in [2.45, 2.75) is 12.1 Å². The SMILES string of the molecule is O=C(CN1C(=O)/C(=C/c2cccs2)SC1=S)N[C@H]1CSC[C@@H]1O. The second kappa shape index (κ2) is 7.35. The number of hydrogen-bond donors (Lipinski definition) is 2. The number of amides is 2. The van der Waals surface area contributed by atoms with Crippen LogP contribution in [0.2, 0.25) is 0 Å². The summed E-state index contributed by atoms with van der Waals surface area (Å²) in [4.78, 5) is 27.3. The Labute approximate surface area is 151 Å². The average Bonchev–Trinajstić information content (AvgIpc) is 3.20. The number of carbonyl (C=O) groups is 2. The Bertz CT molecular complexity index is 659. The molecule has 1 aromatic heterocycles. The third kappa shape index (κ3) is 3.97. The summed E-state index contributed by atoms with van der Waals surface area (Å²) in [6.45, 7) is -0.111. The molecule has 0 aliphatic carbocycles. The third-order valence-corrected chi connectivity index (χ3v) is 6.76. The first-order chi connectivity index (χ1) is 11.0. The van der Waals surface area contributed by atoms with Gasteiger partial charge in [-0.2, -0.15) is 11.8 Å². The lowest BCUT2D eigenvalue weighted by atomic mass is 10.2. The Morgan fingerprint density at radius 1 is 1.52 bits per heavy atom. The van der Waals surface area contributed by atoms with Gasteiger partial charge in [-0.1, -0.05) is 30.0 Å². The number of thiocarbonyl (C=S) groups is 1. The fourth-order valence-corrected chi connectivity index (χ4v) is 5.36. The normalized spacial score (nSPS) is 26.3. The van der Waals surface area contributed by atoms with E-state index < -0.39 is 6.10 Å². The summed E-state index contributed by atoms with van der Waals surface area (Å²) in [5.74, 6) is 0.759. The molecule has 9 heteroatoms. The monoisotopic (exact) mass is 386 g/mol. The van der Waals surface area contributed by atoms with Gasteiger partial charge in [0.15, 0.2) is 0 Å². The van der Waals surface area contributed by atoms with Crippen molar-refractivity contribution in [3.63, 3.8) is 0 Å². The van der Waals surface area contributed by atoms with E-state index in [1.807, 2.05) is 17.5 Å². The lowest BCUT2D eigenvalue weighted by Gasteiger charge is -2.18. The van der Waals surface area contributed by atoms with Crippen molar-refractivity contribution in [1.29, 1.82) is 0 Å². The van der Waals surface area contributed by atoms with E-state index in [1.54, 1.807) is 17.8 Å². The number of carbonyl (C=O) groups excluding carboxylic acids is 2. The lowest BCUT2D eigenvalue weighted by molar-refractivity contribution is -0.129. The fraction of sp³-hybridized carbons (Fsp3) is 0.357. The first-order valence-electron chi connectivity index (χ1n) is 6.88. The molecule has 2 aliphatic rings. The standard InChI is InChI=1S/C14H14N2O3S4/c17-10-7-21-6-9(10)15-12(18)5-16-13(19)11(23-14(16)20)4-8-2-1-3-22-8/h1-4,9-10,17H,5-7H2,(H,15,18)/b11-4-/t9-,10-/m0/s1. The molecule has 23 heavy (non-hydrogen) atoms. The van der Waals surface area contributed by atoms with E-state index >= 15 is 0 Å². The molecule has 3 rings (SSSR count). The molecule has 5 nitrogen and oxygen atoms in total. The third-order valence-electron chi connectivity index (χ3n) is 3.39. The Kier molecular flexibility index (Phi) is 5.42. The van der Waals surface area contributed by atoms with Gasteiger partial charge >= 0.3 is 0 Å². The zero-order chi connectivity index (χ0) is 16.4. The Morgan fingerprint density at radius 3 is 3.00 bits per heavy atom. The van der Waals surface area contributed by atoms with Crippen LogP contribution in [-0.2, 0) is 9.59 Å². The highest BCUT2D eigenvalue weighted by Crippen LogP contribution is 2.33. The number of thiophene rings is 1. The van der Waals surface area contributed by atoms with Gasteiger partial charge in [-0.05, 0) is 17.5 Å². The molecular weight excluding hydrogens is 372 g/mol. The molecule has 0 unspecified atom stereocenters. The summed E-state index contributed by atoms with van der Waals surface area (Å²) in [6, 6.07) is 3.58. The predicted molar refractivity (Wildman–Crippen MR) is 99.5 cm³/mol. The van der Waals surface area contributed by atoms with Crippen LogP contribution in [0.25, 0.3) is 6.08 Å². The smallest absolute Gasteiger partial charge is 0.266 e. The maximum Gasteiger partial charge on any atom is 0.266 e. The Hall–Kier alpha value is -0.870. The molecule has 0 bridgehead atoms. The summed E-state index contributed by atoms with van der Waals surface area (Å²) in [7, 11) is 0. The Balaban J connectivity index is 1.62. The largest absolute Gasteiger partial charge is 0.390 e. The molecule has 2 amide bonds. The van der Waals surface area contributed by atoms with Crippen LogP contribution in [0.1, 0.15) is 4.88 Å². The topological polar surface area (TPSA) is 69.6 Å². The summed E-state index contributed by atoms with van der Waals surface area (Å²) in [5, 5.41) is 14.4. The molecule has 2 aliphatic heterocycles. The van der Waals surface area contributed by atoms with Gasteiger partial charge in [-0.3, -0.25) is 14.5 Å². The molecule has 3 heterocycles. The summed E-state index contributed by atoms with van der Waals surface area (Å²) in [5.41, 5.74) is 0. The van der Waals surface area contributed by atoms with Crippen LogP contribution < -0.4 is 5.32 Å². The van der Waals surface area contributed by atoms with Gasteiger partial charge in [-0.15, -0.1) is 11.3 Å². The van der Waals surface area contributed by atoms with Crippen LogP contribution in [0, 0.1) is 0 Å². The number of aliphatic hydroxyl groups is 1. The van der Waals surface area contributed by atoms with Gasteiger partial charge in [0.05, 0.1) is 17.1 Å². The molecule has 2 atom stereocenters. The first kappa shape index (κ1) is 17.0. The van der Waals surface area contributed by atoms with Crippen LogP contribution >= 0.6 is 47.1 Å². The second-order valence-electron chi connectivity index (χ2n) is 5.06. The fourth-order valence-electron chi connectivity index (χ4n) is 2.22. The number of nitrogens with one attached hydrogen (secondary N) is 1. The predicted octanol–water partition coefficient (Wildman–Crippen LogP) is 1.54. The number of aliphatic hydroxyl groups excluding tert-OH is 1. The van der Waals surface area contributed by atoms with E-state index in [0.717, 1.165) is 4.88 Å². The molecule has 0 spiro atoms. The highest BCUT2D eigenvalue weighted by atomic mass is 32.2. The maximum absolute atomic E-state index is 12.4. The molecule has 0 aromatic carbocycles. The van der Waals surface area contributed by atoms with Crippen molar-refractivity contribution < 1.29 is 14.7 Å². The van der Waals surface area contributed by atoms with E-state index in [9.17, 15) is 14.7 Å². The second-order valence-corrected chi connectivity index (χ2v) is 8.79. The van der Waals surface area contributed by atoms with Crippen LogP contribution in [0.15, 0.2) is 22.4 Å². The molecular formula is C14H14N2O3S4. The van der Waals surface area contributed by atoms with Crippen LogP contribution in [0.4, 0.5) is 0 Å². The number of thioether (sulfide) groups is 2. The van der Waals surface area contributed by atoms with Gasteiger partial charge < -0.3 is 10.4 Å². The molecule has 122 valence electrons. The van der Waals surface area contributed by atoms with Crippen molar-refractivity contribution in [3.8, 4) is 0 Å². The number of nitrogens with zero attached hydrogens (tertiary/aromatic N) is 1. The van der Waals surface area contributed by atoms with Crippen molar-refractivity contribution in [2.75, 3.05) is 18.1 Å². The van der Waals surface area contributed by atoms with Gasteiger partial charge in [0.1, 0.15) is 10.9 Å². The average molecular weight is 387 g/mol. The minimum atomic E-state index is -0.533. The zero-order valence-electron chi connectivity index (χ0n) is 11.9. The van der Waals surface area contributed by atoms with E-state index in [2.05, 4.69) is 5.32 Å². The van der Waals surface area contributed by atoms with Gasteiger partial charge in [0.2, 0.25) is 5.91 Å². The lowest BCUT2D eigenvalue weighted by Crippen LogP contribution is -2.47. The highest BCUT2D eigenvalue weighted by Gasteiger charge is 2.34. The van der Waals surface area contributed by atoms with Crippen LogP contribution in [0.3, 0.4) is 0 Å². The Morgan fingerprint density at radius 2 is 2.35 bits per heavy atom. The summed E-state index contributed by atoms with van der Waals surface area (Å²) < 4.78 is 0.384. The maximum atomic E-state index is 12.4. The zero-order valence-corrected chi connectivity index (χ0v) is 15.2. The van der Waals surface area contributed by atoms with E-state index in [-0.39, 0.29) is 24.4 Å². The molecule has 2 fully saturated rings. The van der Waals surface area contributed by atoms with E-state index in [0.29, 0.717) is 20.7 Å². The van der Waals surface area contributed by atoms with Crippen LogP contribution in [-0.4, -0.2) is 56.3 Å². The van der Waals surface area contributed by atoms with E-state index in [4.69, 9.17) is 12.2 Å². The highest BCUT2D eigenvalue weighted by molar-refractivity contribution is 8.26. The van der Waals surface area contributed by atoms with Crippen LogP contribution in [0.5, 0.6) is 0 Å². The molecule has 2 saturated heterocycles. The van der Waals surface area contributed by atoms with Crippen molar-refractivity contribution in [3.05, 3.63) is 27.3 Å². The summed E-state index contributed by atoms with van der Waals surface area (Å²) in [6.07, 6.45) is 1.26. The number of rotatable bonds is 4. The van der Waals surface area contributed by atoms with Gasteiger partial charge in [-0.25, -0.2) is 0 Å². The summed E-state index contributed by atoms with van der Waals surface area (Å²) >= 11 is 9.55. The molecule has 0 saturated carbocycles. The first-order valence-corrected chi connectivity index (χ1v) is 10.1. The molecule has 0 radical (unpaired) electrons. The van der Waals surface area contributed by atoms with Crippen molar-refractivity contribution >= 4 is 69.3 Å². The van der Waals surface area contributed by atoms with Gasteiger partial charge in [0.25, 0.3) is 5.91 Å². The minimum Gasteiger partial charge on any atom is -0.390 e. The van der Waals surface area contributed by atoms with E-state index in [1.165, 1.54) is 28.0 Å². The molecule has 2 N–H and O–H groups in total.